The van der Waals surface area contributed by atoms with Crippen LogP contribution in [0.3, 0.4) is 0 Å². The number of aryl methyl sites for hydroxylation is 1. The highest BCUT2D eigenvalue weighted by Gasteiger charge is 2.23. The molecule has 92 valence electrons. The Bertz CT molecular complexity index is 431. The molecule has 0 aliphatic carbocycles. The molecule has 1 aromatic carbocycles. The number of hydrogen-bond donors (Lipinski definition) is 1. The highest BCUT2D eigenvalue weighted by atomic mass is 16.5. The van der Waals surface area contributed by atoms with Crippen LogP contribution in [0.15, 0.2) is 18.2 Å². The first-order valence-electron chi connectivity index (χ1n) is 5.85. The van der Waals surface area contributed by atoms with Crippen LogP contribution < -0.4 is 5.73 Å². The molecule has 1 aromatic rings. The second-order valence-electron chi connectivity index (χ2n) is 4.51. The average Bonchev–Trinajstić information content (AvgIpc) is 2.28. The lowest BCUT2D eigenvalue weighted by Gasteiger charge is -2.31. The number of nitrogen functional groups attached to an aromatic ring is 1. The van der Waals surface area contributed by atoms with E-state index in [2.05, 4.69) is 0 Å². The van der Waals surface area contributed by atoms with Gasteiger partial charge in [0.1, 0.15) is 0 Å². The van der Waals surface area contributed by atoms with Gasteiger partial charge < -0.3 is 15.4 Å². The van der Waals surface area contributed by atoms with E-state index in [0.29, 0.717) is 25.4 Å². The van der Waals surface area contributed by atoms with Gasteiger partial charge >= 0.3 is 0 Å². The molecule has 1 heterocycles. The quantitative estimate of drug-likeness (QED) is 0.748. The molecular formula is C13H18N2O2. The minimum atomic E-state index is 0.0673. The maximum absolute atomic E-state index is 12.3. The third-order valence-electron chi connectivity index (χ3n) is 3.01. The first kappa shape index (κ1) is 11.9. The molecule has 1 fully saturated rings. The normalized spacial score (nSPS) is 20.4. The maximum atomic E-state index is 12.3. The topological polar surface area (TPSA) is 55.6 Å². The van der Waals surface area contributed by atoms with Gasteiger partial charge in [-0.2, -0.15) is 0 Å². The standard InChI is InChI=1S/C13H18N2O2/c1-9-7-11(14)3-4-12(9)13(16)15-5-6-17-10(2)8-15/h3-4,7,10H,5-6,8,14H2,1-2H3. The fourth-order valence-electron chi connectivity index (χ4n) is 2.10. The summed E-state index contributed by atoms with van der Waals surface area (Å²) in [7, 11) is 0. The largest absolute Gasteiger partial charge is 0.399 e. The minimum absolute atomic E-state index is 0.0673. The lowest BCUT2D eigenvalue weighted by molar-refractivity contribution is -0.0124. The summed E-state index contributed by atoms with van der Waals surface area (Å²) in [5.74, 6) is 0.0673. The summed E-state index contributed by atoms with van der Waals surface area (Å²) in [6.45, 7) is 5.82. The lowest BCUT2D eigenvalue weighted by atomic mass is 10.1. The van der Waals surface area contributed by atoms with Crippen LogP contribution in [0.4, 0.5) is 5.69 Å². The van der Waals surface area contributed by atoms with Crippen molar-refractivity contribution in [3.63, 3.8) is 0 Å². The summed E-state index contributed by atoms with van der Waals surface area (Å²) >= 11 is 0. The molecule has 0 bridgehead atoms. The van der Waals surface area contributed by atoms with E-state index in [9.17, 15) is 4.79 Å². The van der Waals surface area contributed by atoms with Crippen molar-refractivity contribution in [1.29, 1.82) is 0 Å². The molecule has 0 spiro atoms. The first-order chi connectivity index (χ1) is 8.08. The smallest absolute Gasteiger partial charge is 0.254 e. The Kier molecular flexibility index (Phi) is 3.33. The van der Waals surface area contributed by atoms with Crippen LogP contribution >= 0.6 is 0 Å². The number of rotatable bonds is 1. The molecule has 0 saturated carbocycles. The number of anilines is 1. The van der Waals surface area contributed by atoms with Gasteiger partial charge in [-0.25, -0.2) is 0 Å². The van der Waals surface area contributed by atoms with E-state index in [1.54, 1.807) is 12.1 Å². The number of carbonyl (C=O) groups is 1. The van der Waals surface area contributed by atoms with Crippen LogP contribution in [0.25, 0.3) is 0 Å². The van der Waals surface area contributed by atoms with Crippen LogP contribution in [-0.4, -0.2) is 36.6 Å². The lowest BCUT2D eigenvalue weighted by Crippen LogP contribution is -2.44. The van der Waals surface area contributed by atoms with Gasteiger partial charge in [0.25, 0.3) is 5.91 Å². The summed E-state index contributed by atoms with van der Waals surface area (Å²) in [6.07, 6.45) is 0.113. The predicted molar refractivity (Wildman–Crippen MR) is 66.9 cm³/mol. The summed E-state index contributed by atoms with van der Waals surface area (Å²) in [5.41, 5.74) is 8.03. The van der Waals surface area contributed by atoms with Crippen LogP contribution in [0.1, 0.15) is 22.8 Å². The summed E-state index contributed by atoms with van der Waals surface area (Å²) < 4.78 is 5.43. The van der Waals surface area contributed by atoms with Crippen molar-refractivity contribution in [2.45, 2.75) is 20.0 Å². The molecule has 2 rings (SSSR count). The van der Waals surface area contributed by atoms with Crippen LogP contribution in [0, 0.1) is 6.92 Å². The molecular weight excluding hydrogens is 216 g/mol. The second kappa shape index (κ2) is 4.75. The van der Waals surface area contributed by atoms with Crippen molar-refractivity contribution >= 4 is 11.6 Å². The van der Waals surface area contributed by atoms with Crippen molar-refractivity contribution in [3.05, 3.63) is 29.3 Å². The number of ether oxygens (including phenoxy) is 1. The van der Waals surface area contributed by atoms with E-state index in [1.807, 2.05) is 24.8 Å². The van der Waals surface area contributed by atoms with Gasteiger partial charge in [-0.15, -0.1) is 0 Å². The number of nitrogens with two attached hydrogens (primary N) is 1. The summed E-state index contributed by atoms with van der Waals surface area (Å²) in [4.78, 5) is 14.1. The maximum Gasteiger partial charge on any atom is 0.254 e. The van der Waals surface area contributed by atoms with E-state index in [4.69, 9.17) is 10.5 Å². The monoisotopic (exact) mass is 234 g/mol. The van der Waals surface area contributed by atoms with Crippen molar-refractivity contribution in [2.24, 2.45) is 0 Å². The Balaban J connectivity index is 2.18. The molecule has 4 nitrogen and oxygen atoms in total. The zero-order valence-electron chi connectivity index (χ0n) is 10.3. The Labute approximate surface area is 101 Å². The molecule has 4 heteroatoms. The fourth-order valence-corrected chi connectivity index (χ4v) is 2.10. The van der Waals surface area contributed by atoms with E-state index in [0.717, 1.165) is 11.1 Å². The van der Waals surface area contributed by atoms with E-state index in [1.165, 1.54) is 0 Å². The van der Waals surface area contributed by atoms with Gasteiger partial charge in [-0.05, 0) is 37.6 Å². The zero-order valence-corrected chi connectivity index (χ0v) is 10.3. The number of benzene rings is 1. The van der Waals surface area contributed by atoms with Crippen LogP contribution in [0.5, 0.6) is 0 Å². The van der Waals surface area contributed by atoms with Gasteiger partial charge in [0, 0.05) is 24.3 Å². The highest BCUT2D eigenvalue weighted by Crippen LogP contribution is 2.16. The molecule has 1 unspecified atom stereocenters. The van der Waals surface area contributed by atoms with Crippen molar-refractivity contribution in [1.82, 2.24) is 4.90 Å². The Hall–Kier alpha value is -1.55. The van der Waals surface area contributed by atoms with Gasteiger partial charge in [0.05, 0.1) is 12.7 Å². The molecule has 1 amide bonds. The average molecular weight is 234 g/mol. The molecule has 1 aliphatic heterocycles. The Morgan fingerprint density at radius 2 is 2.29 bits per heavy atom. The molecule has 1 aliphatic rings. The number of hydrogen-bond acceptors (Lipinski definition) is 3. The van der Waals surface area contributed by atoms with Crippen molar-refractivity contribution in [3.8, 4) is 0 Å². The summed E-state index contributed by atoms with van der Waals surface area (Å²) in [6, 6.07) is 5.40. The molecule has 2 N–H and O–H groups in total. The first-order valence-corrected chi connectivity index (χ1v) is 5.85. The highest BCUT2D eigenvalue weighted by molar-refractivity contribution is 5.96. The Morgan fingerprint density at radius 3 is 2.94 bits per heavy atom. The van der Waals surface area contributed by atoms with E-state index >= 15 is 0 Å². The van der Waals surface area contributed by atoms with Crippen LogP contribution in [-0.2, 0) is 4.74 Å². The minimum Gasteiger partial charge on any atom is -0.399 e. The van der Waals surface area contributed by atoms with Crippen LogP contribution in [0.2, 0.25) is 0 Å². The molecule has 1 atom stereocenters. The number of nitrogens with zero attached hydrogens (tertiary/aromatic N) is 1. The van der Waals surface area contributed by atoms with Crippen molar-refractivity contribution < 1.29 is 9.53 Å². The Morgan fingerprint density at radius 1 is 1.53 bits per heavy atom. The zero-order chi connectivity index (χ0) is 12.4. The van der Waals surface area contributed by atoms with Gasteiger partial charge in [-0.1, -0.05) is 0 Å². The third kappa shape index (κ3) is 2.58. The predicted octanol–water partition coefficient (Wildman–Crippen LogP) is 1.44. The number of morpholine rings is 1. The second-order valence-corrected chi connectivity index (χ2v) is 4.51. The SMILES string of the molecule is Cc1cc(N)ccc1C(=O)N1CCOC(C)C1. The van der Waals surface area contributed by atoms with Crippen molar-refractivity contribution in [2.75, 3.05) is 25.4 Å². The van der Waals surface area contributed by atoms with Gasteiger partial charge in [0.15, 0.2) is 0 Å². The van der Waals surface area contributed by atoms with Gasteiger partial charge in [-0.3, -0.25) is 4.79 Å². The third-order valence-corrected chi connectivity index (χ3v) is 3.01. The van der Waals surface area contributed by atoms with Gasteiger partial charge in [0.2, 0.25) is 0 Å². The molecule has 17 heavy (non-hydrogen) atoms. The molecule has 0 aromatic heterocycles. The fraction of sp³-hybridized carbons (Fsp3) is 0.462. The summed E-state index contributed by atoms with van der Waals surface area (Å²) in [5, 5.41) is 0. The molecule has 1 saturated heterocycles. The van der Waals surface area contributed by atoms with E-state index < -0.39 is 0 Å². The number of carbonyl (C=O) groups excluding carboxylic acids is 1. The number of amides is 1. The van der Waals surface area contributed by atoms with E-state index in [-0.39, 0.29) is 12.0 Å². The molecule has 0 radical (unpaired) electrons.